The highest BCUT2D eigenvalue weighted by molar-refractivity contribution is 5.50. The van der Waals surface area contributed by atoms with E-state index < -0.39 is 0 Å². The summed E-state index contributed by atoms with van der Waals surface area (Å²) in [6.07, 6.45) is 1.82. The Balaban J connectivity index is 2.59. The van der Waals surface area contributed by atoms with Crippen molar-refractivity contribution in [3.63, 3.8) is 0 Å². The number of aryl methyl sites for hydroxylation is 2. The van der Waals surface area contributed by atoms with Crippen molar-refractivity contribution in [2.75, 3.05) is 14.2 Å². The van der Waals surface area contributed by atoms with Crippen LogP contribution in [0.3, 0.4) is 0 Å². The molecule has 0 saturated carbocycles. The highest BCUT2D eigenvalue weighted by atomic mass is 16.5. The van der Waals surface area contributed by atoms with Crippen LogP contribution in [0.1, 0.15) is 34.0 Å². The summed E-state index contributed by atoms with van der Waals surface area (Å²) in [4.78, 5) is 4.39. The van der Waals surface area contributed by atoms with E-state index in [-0.39, 0.29) is 6.04 Å². The molecule has 1 heterocycles. The van der Waals surface area contributed by atoms with Crippen LogP contribution in [0, 0.1) is 20.8 Å². The number of methoxy groups -OCH3 is 1. The average molecular weight is 270 g/mol. The summed E-state index contributed by atoms with van der Waals surface area (Å²) in [5, 5.41) is 3.38. The molecule has 20 heavy (non-hydrogen) atoms. The standard InChI is InChI=1S/C17H22N2O/c1-11-8-9-15(17(20-5)12(11)2)16(18-4)14-7-6-10-19-13(14)3/h6-10,16,18H,1-5H3. The molecule has 1 N–H and O–H groups in total. The Kier molecular flexibility index (Phi) is 4.40. The first-order chi connectivity index (χ1) is 9.60. The fourth-order valence-electron chi connectivity index (χ4n) is 2.59. The van der Waals surface area contributed by atoms with E-state index in [1.807, 2.05) is 26.2 Å². The molecule has 1 aromatic heterocycles. The topological polar surface area (TPSA) is 34.2 Å². The van der Waals surface area contributed by atoms with Gasteiger partial charge in [-0.3, -0.25) is 4.98 Å². The van der Waals surface area contributed by atoms with Crippen molar-refractivity contribution in [2.45, 2.75) is 26.8 Å². The third kappa shape index (κ3) is 2.54. The van der Waals surface area contributed by atoms with E-state index in [0.717, 1.165) is 17.0 Å². The van der Waals surface area contributed by atoms with Crippen LogP contribution in [-0.2, 0) is 0 Å². The Morgan fingerprint density at radius 2 is 1.85 bits per heavy atom. The number of ether oxygens (including phenoxy) is 1. The first kappa shape index (κ1) is 14.5. The molecular formula is C17H22N2O. The maximum absolute atomic E-state index is 5.64. The lowest BCUT2D eigenvalue weighted by Crippen LogP contribution is -2.20. The van der Waals surface area contributed by atoms with E-state index in [9.17, 15) is 0 Å². The molecule has 0 aliphatic heterocycles. The van der Waals surface area contributed by atoms with E-state index in [1.54, 1.807) is 7.11 Å². The number of nitrogens with zero attached hydrogens (tertiary/aromatic N) is 1. The molecule has 0 aliphatic rings. The zero-order valence-electron chi connectivity index (χ0n) is 12.8. The molecule has 0 fully saturated rings. The second-order valence-corrected chi connectivity index (χ2v) is 5.03. The molecule has 2 aromatic rings. The van der Waals surface area contributed by atoms with Crippen LogP contribution in [0.4, 0.5) is 0 Å². The Morgan fingerprint density at radius 1 is 1.10 bits per heavy atom. The van der Waals surface area contributed by atoms with E-state index in [2.05, 4.69) is 42.3 Å². The van der Waals surface area contributed by atoms with E-state index in [4.69, 9.17) is 4.74 Å². The lowest BCUT2D eigenvalue weighted by Gasteiger charge is -2.23. The predicted octanol–water partition coefficient (Wildman–Crippen LogP) is 3.32. The number of pyridine rings is 1. The van der Waals surface area contributed by atoms with Crippen molar-refractivity contribution in [1.29, 1.82) is 0 Å². The Labute approximate surface area is 121 Å². The van der Waals surface area contributed by atoms with Crippen LogP contribution >= 0.6 is 0 Å². The first-order valence-corrected chi connectivity index (χ1v) is 6.83. The number of benzene rings is 1. The molecule has 0 radical (unpaired) electrons. The van der Waals surface area contributed by atoms with E-state index in [1.165, 1.54) is 16.7 Å². The summed E-state index contributed by atoms with van der Waals surface area (Å²) in [6, 6.07) is 8.44. The molecule has 0 saturated heterocycles. The average Bonchev–Trinajstić information content (AvgIpc) is 2.45. The lowest BCUT2D eigenvalue weighted by molar-refractivity contribution is 0.401. The zero-order valence-corrected chi connectivity index (χ0v) is 12.8. The van der Waals surface area contributed by atoms with Gasteiger partial charge in [-0.25, -0.2) is 0 Å². The molecule has 3 heteroatoms. The van der Waals surface area contributed by atoms with Gasteiger partial charge in [-0.1, -0.05) is 18.2 Å². The molecule has 1 atom stereocenters. The highest BCUT2D eigenvalue weighted by Crippen LogP contribution is 2.34. The van der Waals surface area contributed by atoms with Gasteiger partial charge in [0.05, 0.1) is 13.2 Å². The van der Waals surface area contributed by atoms with E-state index in [0.29, 0.717) is 0 Å². The molecular weight excluding hydrogens is 248 g/mol. The summed E-state index contributed by atoms with van der Waals surface area (Å²) < 4.78 is 5.64. The predicted molar refractivity (Wildman–Crippen MR) is 82.3 cm³/mol. The summed E-state index contributed by atoms with van der Waals surface area (Å²) in [7, 11) is 3.69. The second kappa shape index (κ2) is 6.06. The molecule has 3 nitrogen and oxygen atoms in total. The van der Waals surface area contributed by atoms with Crippen LogP contribution in [0.15, 0.2) is 30.5 Å². The molecule has 2 rings (SSSR count). The van der Waals surface area contributed by atoms with Crippen LogP contribution in [0.2, 0.25) is 0 Å². The molecule has 0 aliphatic carbocycles. The minimum absolute atomic E-state index is 0.0814. The van der Waals surface area contributed by atoms with Gasteiger partial charge in [0.25, 0.3) is 0 Å². The molecule has 1 aromatic carbocycles. The van der Waals surface area contributed by atoms with Gasteiger partial charge in [0.15, 0.2) is 0 Å². The van der Waals surface area contributed by atoms with Gasteiger partial charge in [0.2, 0.25) is 0 Å². The van der Waals surface area contributed by atoms with Gasteiger partial charge in [0, 0.05) is 17.5 Å². The second-order valence-electron chi connectivity index (χ2n) is 5.03. The number of nitrogens with one attached hydrogen (secondary N) is 1. The Bertz CT molecular complexity index is 608. The number of hydrogen-bond acceptors (Lipinski definition) is 3. The fourth-order valence-corrected chi connectivity index (χ4v) is 2.59. The van der Waals surface area contributed by atoms with Gasteiger partial charge >= 0.3 is 0 Å². The maximum atomic E-state index is 5.64. The summed E-state index contributed by atoms with van der Waals surface area (Å²) in [5.41, 5.74) is 5.79. The SMILES string of the molecule is CNC(c1cccnc1C)c1ccc(C)c(C)c1OC. The zero-order chi connectivity index (χ0) is 14.7. The molecule has 0 amide bonds. The highest BCUT2D eigenvalue weighted by Gasteiger charge is 2.20. The monoisotopic (exact) mass is 270 g/mol. The third-order valence-corrected chi connectivity index (χ3v) is 3.87. The van der Waals surface area contributed by atoms with E-state index >= 15 is 0 Å². The minimum atomic E-state index is 0.0814. The number of rotatable bonds is 4. The lowest BCUT2D eigenvalue weighted by atomic mass is 9.93. The summed E-state index contributed by atoms with van der Waals surface area (Å²) in [5.74, 6) is 0.951. The largest absolute Gasteiger partial charge is 0.496 e. The Morgan fingerprint density at radius 3 is 2.45 bits per heavy atom. The maximum Gasteiger partial charge on any atom is 0.127 e. The quantitative estimate of drug-likeness (QED) is 0.925. The first-order valence-electron chi connectivity index (χ1n) is 6.83. The van der Waals surface area contributed by atoms with Crippen molar-refractivity contribution in [3.8, 4) is 5.75 Å². The third-order valence-electron chi connectivity index (χ3n) is 3.87. The summed E-state index contributed by atoms with van der Waals surface area (Å²) in [6.45, 7) is 6.24. The fraction of sp³-hybridized carbons (Fsp3) is 0.353. The Hall–Kier alpha value is -1.87. The summed E-state index contributed by atoms with van der Waals surface area (Å²) >= 11 is 0. The molecule has 106 valence electrons. The van der Waals surface area contributed by atoms with Crippen LogP contribution in [0.25, 0.3) is 0 Å². The smallest absolute Gasteiger partial charge is 0.127 e. The van der Waals surface area contributed by atoms with Gasteiger partial charge in [-0.2, -0.15) is 0 Å². The molecule has 0 spiro atoms. The van der Waals surface area contributed by atoms with Gasteiger partial charge in [-0.15, -0.1) is 0 Å². The normalized spacial score (nSPS) is 12.2. The molecule has 0 bridgehead atoms. The molecule has 1 unspecified atom stereocenters. The minimum Gasteiger partial charge on any atom is -0.496 e. The van der Waals surface area contributed by atoms with Crippen LogP contribution in [-0.4, -0.2) is 19.1 Å². The van der Waals surface area contributed by atoms with Crippen molar-refractivity contribution in [2.24, 2.45) is 0 Å². The van der Waals surface area contributed by atoms with Gasteiger partial charge < -0.3 is 10.1 Å². The van der Waals surface area contributed by atoms with Crippen molar-refractivity contribution in [1.82, 2.24) is 10.3 Å². The van der Waals surface area contributed by atoms with Gasteiger partial charge in [-0.05, 0) is 50.6 Å². The number of hydrogen-bond donors (Lipinski definition) is 1. The van der Waals surface area contributed by atoms with Crippen LogP contribution < -0.4 is 10.1 Å². The van der Waals surface area contributed by atoms with Crippen LogP contribution in [0.5, 0.6) is 5.75 Å². The number of aromatic nitrogens is 1. The van der Waals surface area contributed by atoms with Crippen molar-refractivity contribution < 1.29 is 4.74 Å². The van der Waals surface area contributed by atoms with Gasteiger partial charge in [0.1, 0.15) is 5.75 Å². The van der Waals surface area contributed by atoms with Crippen molar-refractivity contribution in [3.05, 3.63) is 58.4 Å². The van der Waals surface area contributed by atoms with Crippen molar-refractivity contribution >= 4 is 0 Å².